The van der Waals surface area contributed by atoms with Gasteiger partial charge in [-0.1, -0.05) is 24.5 Å². The van der Waals surface area contributed by atoms with Gasteiger partial charge in [-0.3, -0.25) is 4.90 Å². The second-order valence-corrected chi connectivity index (χ2v) is 4.80. The molecule has 0 aromatic rings. The minimum Gasteiger partial charge on any atom is -0.290 e. The number of rotatable bonds is 0. The molecule has 2 aliphatic heterocycles. The molecule has 0 unspecified atom stereocenters. The smallest absolute Gasteiger partial charge is 0.0314 e. The summed E-state index contributed by atoms with van der Waals surface area (Å²) in [7, 11) is 0. The van der Waals surface area contributed by atoms with E-state index in [9.17, 15) is 0 Å². The Hall–Kier alpha value is -0.300. The maximum absolute atomic E-state index is 2.76. The molecule has 0 radical (unpaired) electrons. The van der Waals surface area contributed by atoms with E-state index in [0.717, 1.165) is 12.1 Å². The maximum atomic E-state index is 2.76. The molecule has 3 rings (SSSR count). The quantitative estimate of drug-likeness (QED) is 0.514. The Balaban J connectivity index is 1.84. The lowest BCUT2D eigenvalue weighted by molar-refractivity contribution is 0.246. The largest absolute Gasteiger partial charge is 0.290 e. The van der Waals surface area contributed by atoms with Crippen LogP contribution in [-0.2, 0) is 0 Å². The van der Waals surface area contributed by atoms with Gasteiger partial charge in [-0.15, -0.1) is 0 Å². The van der Waals surface area contributed by atoms with Crippen LogP contribution >= 0.6 is 0 Å². The first kappa shape index (κ1) is 8.05. The van der Waals surface area contributed by atoms with Crippen LogP contribution < -0.4 is 0 Å². The predicted molar refractivity (Wildman–Crippen MR) is 54.7 cm³/mol. The molecule has 0 aromatic carbocycles. The van der Waals surface area contributed by atoms with Gasteiger partial charge >= 0.3 is 0 Å². The van der Waals surface area contributed by atoms with E-state index in [1.165, 1.54) is 51.5 Å². The van der Waals surface area contributed by atoms with E-state index < -0.39 is 0 Å². The number of hydrogen-bond acceptors (Lipinski definition) is 1. The highest BCUT2D eigenvalue weighted by Gasteiger charge is 2.36. The van der Waals surface area contributed by atoms with E-state index in [1.807, 2.05) is 0 Å². The van der Waals surface area contributed by atoms with Crippen LogP contribution in [0.25, 0.3) is 0 Å². The summed E-state index contributed by atoms with van der Waals surface area (Å²) in [6.07, 6.45) is 12.7. The SMILES string of the molecule is C1=C2CCCCC[C@H]2N2CCC[C@H]12. The van der Waals surface area contributed by atoms with E-state index >= 15 is 0 Å². The van der Waals surface area contributed by atoms with Crippen LogP contribution in [-0.4, -0.2) is 23.5 Å². The highest BCUT2D eigenvalue weighted by molar-refractivity contribution is 5.24. The maximum Gasteiger partial charge on any atom is 0.0314 e. The average molecular weight is 177 g/mol. The van der Waals surface area contributed by atoms with Gasteiger partial charge in [0.15, 0.2) is 0 Å². The van der Waals surface area contributed by atoms with Crippen molar-refractivity contribution in [3.63, 3.8) is 0 Å². The topological polar surface area (TPSA) is 3.24 Å². The van der Waals surface area contributed by atoms with Gasteiger partial charge in [-0.05, 0) is 38.6 Å². The molecular weight excluding hydrogens is 158 g/mol. The van der Waals surface area contributed by atoms with Crippen LogP contribution in [0.15, 0.2) is 11.6 Å². The van der Waals surface area contributed by atoms with E-state index in [0.29, 0.717) is 0 Å². The highest BCUT2D eigenvalue weighted by atomic mass is 15.2. The lowest BCUT2D eigenvalue weighted by Crippen LogP contribution is -2.33. The lowest BCUT2D eigenvalue weighted by Gasteiger charge is -2.25. The van der Waals surface area contributed by atoms with Gasteiger partial charge in [-0.25, -0.2) is 0 Å². The zero-order chi connectivity index (χ0) is 8.67. The summed E-state index contributed by atoms with van der Waals surface area (Å²) in [5.41, 5.74) is 1.79. The molecule has 0 aromatic heterocycles. The standard InChI is InChI=1S/C12H19N/c1-2-5-10-9-11-6-4-8-13(11)12(10)7-3-1/h9,11-12H,1-8H2/t11-,12-/m1/s1. The molecule has 0 bridgehead atoms. The molecule has 72 valence electrons. The number of fused-ring (bicyclic) bond motifs is 3. The summed E-state index contributed by atoms with van der Waals surface area (Å²) < 4.78 is 0. The molecule has 2 fully saturated rings. The second-order valence-electron chi connectivity index (χ2n) is 4.80. The van der Waals surface area contributed by atoms with Crippen LogP contribution in [0.1, 0.15) is 44.9 Å². The third kappa shape index (κ3) is 1.25. The zero-order valence-corrected chi connectivity index (χ0v) is 8.34. The van der Waals surface area contributed by atoms with Crippen molar-refractivity contribution in [2.24, 2.45) is 0 Å². The predicted octanol–water partition coefficient (Wildman–Crippen LogP) is 2.72. The Kier molecular flexibility index (Phi) is 1.93. The molecule has 13 heavy (non-hydrogen) atoms. The Morgan fingerprint density at radius 1 is 1.08 bits per heavy atom. The minimum atomic E-state index is 0.845. The zero-order valence-electron chi connectivity index (χ0n) is 8.34. The van der Waals surface area contributed by atoms with Crippen molar-refractivity contribution in [2.45, 2.75) is 57.0 Å². The van der Waals surface area contributed by atoms with Gasteiger partial charge in [0.2, 0.25) is 0 Å². The molecule has 2 heterocycles. The first-order chi connectivity index (χ1) is 6.45. The molecule has 1 heteroatoms. The van der Waals surface area contributed by atoms with Gasteiger partial charge in [-0.2, -0.15) is 0 Å². The molecule has 1 aliphatic carbocycles. The summed E-state index contributed by atoms with van der Waals surface area (Å²) in [5, 5.41) is 0. The normalized spacial score (nSPS) is 39.5. The van der Waals surface area contributed by atoms with Crippen molar-refractivity contribution in [2.75, 3.05) is 6.54 Å². The molecule has 1 saturated heterocycles. The van der Waals surface area contributed by atoms with Crippen molar-refractivity contribution in [3.05, 3.63) is 11.6 Å². The van der Waals surface area contributed by atoms with Crippen molar-refractivity contribution >= 4 is 0 Å². The lowest BCUT2D eigenvalue weighted by atomic mass is 10.0. The van der Waals surface area contributed by atoms with E-state index in [1.54, 1.807) is 5.57 Å². The van der Waals surface area contributed by atoms with Gasteiger partial charge in [0, 0.05) is 12.1 Å². The summed E-state index contributed by atoms with van der Waals surface area (Å²) in [5.74, 6) is 0. The molecule has 0 N–H and O–H groups in total. The van der Waals surface area contributed by atoms with Gasteiger partial charge in [0.05, 0.1) is 0 Å². The van der Waals surface area contributed by atoms with Crippen LogP contribution in [0.2, 0.25) is 0 Å². The van der Waals surface area contributed by atoms with E-state index in [2.05, 4.69) is 11.0 Å². The fourth-order valence-electron chi connectivity index (χ4n) is 3.40. The number of nitrogens with zero attached hydrogens (tertiary/aromatic N) is 1. The fourth-order valence-corrected chi connectivity index (χ4v) is 3.40. The summed E-state index contributed by atoms with van der Waals surface area (Å²) in [6.45, 7) is 1.37. The van der Waals surface area contributed by atoms with Crippen LogP contribution in [0, 0.1) is 0 Å². The Labute approximate surface area is 80.8 Å². The second kappa shape index (κ2) is 3.13. The summed E-state index contributed by atoms with van der Waals surface area (Å²) >= 11 is 0. The third-order valence-electron chi connectivity index (χ3n) is 4.02. The van der Waals surface area contributed by atoms with Gasteiger partial charge in [0.25, 0.3) is 0 Å². The fraction of sp³-hybridized carbons (Fsp3) is 0.833. The molecule has 2 atom stereocenters. The van der Waals surface area contributed by atoms with E-state index in [4.69, 9.17) is 0 Å². The van der Waals surface area contributed by atoms with Crippen LogP contribution in [0.4, 0.5) is 0 Å². The molecule has 1 saturated carbocycles. The number of hydrogen-bond donors (Lipinski definition) is 0. The van der Waals surface area contributed by atoms with Crippen LogP contribution in [0.3, 0.4) is 0 Å². The monoisotopic (exact) mass is 177 g/mol. The van der Waals surface area contributed by atoms with Crippen LogP contribution in [0.5, 0.6) is 0 Å². The third-order valence-corrected chi connectivity index (χ3v) is 4.02. The summed E-state index contributed by atoms with van der Waals surface area (Å²) in [4.78, 5) is 2.76. The van der Waals surface area contributed by atoms with Crippen molar-refractivity contribution in [1.29, 1.82) is 0 Å². The van der Waals surface area contributed by atoms with Gasteiger partial charge in [0.1, 0.15) is 0 Å². The first-order valence-electron chi connectivity index (χ1n) is 5.91. The van der Waals surface area contributed by atoms with E-state index in [-0.39, 0.29) is 0 Å². The van der Waals surface area contributed by atoms with Crippen molar-refractivity contribution in [3.8, 4) is 0 Å². The minimum absolute atomic E-state index is 0.845. The Bertz CT molecular complexity index is 231. The highest BCUT2D eigenvalue weighted by Crippen LogP contribution is 2.38. The molecular formula is C12H19N. The Morgan fingerprint density at radius 2 is 2.08 bits per heavy atom. The van der Waals surface area contributed by atoms with Gasteiger partial charge < -0.3 is 0 Å². The molecule has 1 nitrogen and oxygen atoms in total. The Morgan fingerprint density at radius 3 is 3.08 bits per heavy atom. The molecule has 0 spiro atoms. The molecule has 3 aliphatic rings. The molecule has 0 amide bonds. The first-order valence-corrected chi connectivity index (χ1v) is 5.91. The van der Waals surface area contributed by atoms with Crippen molar-refractivity contribution < 1.29 is 0 Å². The summed E-state index contributed by atoms with van der Waals surface area (Å²) in [6, 6.07) is 1.72. The van der Waals surface area contributed by atoms with Crippen molar-refractivity contribution in [1.82, 2.24) is 4.90 Å². The average Bonchev–Trinajstić information content (AvgIpc) is 2.61.